The van der Waals surface area contributed by atoms with Crippen LogP contribution in [0.5, 0.6) is 0 Å². The molecule has 1 unspecified atom stereocenters. The van der Waals surface area contributed by atoms with Crippen LogP contribution in [0.15, 0.2) is 30.3 Å². The Kier molecular flexibility index (Phi) is 4.54. The summed E-state index contributed by atoms with van der Waals surface area (Å²) in [4.78, 5) is 12.4. The number of hydrogen-bond donors (Lipinski definition) is 1. The van der Waals surface area contributed by atoms with Gasteiger partial charge in [0.2, 0.25) is 0 Å². The molecule has 2 heteroatoms. The van der Waals surface area contributed by atoms with E-state index in [1.54, 1.807) is 0 Å². The quantitative estimate of drug-likeness (QED) is 0.882. The molecule has 98 valence electrons. The third kappa shape index (κ3) is 2.99. The van der Waals surface area contributed by atoms with Crippen LogP contribution in [0, 0.1) is 11.8 Å². The van der Waals surface area contributed by atoms with Gasteiger partial charge in [0, 0.05) is 5.92 Å². The van der Waals surface area contributed by atoms with Crippen molar-refractivity contribution in [1.29, 1.82) is 0 Å². The monoisotopic (exact) mass is 245 g/mol. The van der Waals surface area contributed by atoms with Crippen molar-refractivity contribution >= 4 is 5.78 Å². The Morgan fingerprint density at radius 2 is 1.83 bits per heavy atom. The van der Waals surface area contributed by atoms with E-state index in [1.165, 1.54) is 19.3 Å². The minimum absolute atomic E-state index is 0.183. The van der Waals surface area contributed by atoms with Crippen LogP contribution in [-0.4, -0.2) is 5.78 Å². The van der Waals surface area contributed by atoms with E-state index in [1.807, 2.05) is 30.3 Å². The first-order chi connectivity index (χ1) is 8.72. The van der Waals surface area contributed by atoms with Crippen LogP contribution in [0.25, 0.3) is 0 Å². The molecule has 0 bridgehead atoms. The van der Waals surface area contributed by atoms with E-state index < -0.39 is 6.04 Å². The summed E-state index contributed by atoms with van der Waals surface area (Å²) in [5, 5.41) is 0. The summed E-state index contributed by atoms with van der Waals surface area (Å²) in [5.74, 6) is 1.24. The number of hydrogen-bond acceptors (Lipinski definition) is 2. The molecule has 0 heterocycles. The van der Waals surface area contributed by atoms with Gasteiger partial charge in [-0.15, -0.1) is 0 Å². The van der Waals surface area contributed by atoms with Crippen LogP contribution < -0.4 is 5.73 Å². The van der Waals surface area contributed by atoms with Gasteiger partial charge >= 0.3 is 0 Å². The molecule has 1 aliphatic carbocycles. The zero-order valence-corrected chi connectivity index (χ0v) is 11.1. The molecule has 0 radical (unpaired) electrons. The standard InChI is InChI=1S/C16H23NO/c1-2-12-8-10-14(11-9-12)16(18)15(17)13-6-4-3-5-7-13/h3-7,12,14-15H,2,8-11,17H2,1H3. The highest BCUT2D eigenvalue weighted by molar-refractivity contribution is 5.87. The maximum Gasteiger partial charge on any atom is 0.157 e. The Hall–Kier alpha value is -1.15. The van der Waals surface area contributed by atoms with Crippen molar-refractivity contribution in [2.45, 2.75) is 45.1 Å². The van der Waals surface area contributed by atoms with E-state index in [0.717, 1.165) is 24.3 Å². The van der Waals surface area contributed by atoms with Gasteiger partial charge in [-0.05, 0) is 37.2 Å². The summed E-state index contributed by atoms with van der Waals surface area (Å²) >= 11 is 0. The first-order valence-corrected chi connectivity index (χ1v) is 7.06. The number of Topliss-reactive ketones (excluding diaryl/α,β-unsaturated/α-hetero) is 1. The highest BCUT2D eigenvalue weighted by atomic mass is 16.1. The third-order valence-corrected chi connectivity index (χ3v) is 4.29. The largest absolute Gasteiger partial charge is 0.318 e. The van der Waals surface area contributed by atoms with Crippen LogP contribution in [0.1, 0.15) is 50.6 Å². The molecular weight excluding hydrogens is 222 g/mol. The fourth-order valence-electron chi connectivity index (χ4n) is 2.93. The number of benzene rings is 1. The zero-order valence-electron chi connectivity index (χ0n) is 11.1. The van der Waals surface area contributed by atoms with E-state index in [4.69, 9.17) is 5.73 Å². The molecule has 0 spiro atoms. The summed E-state index contributed by atoms with van der Waals surface area (Å²) in [6.45, 7) is 2.24. The van der Waals surface area contributed by atoms with Gasteiger partial charge in [-0.25, -0.2) is 0 Å². The topological polar surface area (TPSA) is 43.1 Å². The highest BCUT2D eigenvalue weighted by Crippen LogP contribution is 2.33. The lowest BCUT2D eigenvalue weighted by Crippen LogP contribution is -2.30. The van der Waals surface area contributed by atoms with Crippen molar-refractivity contribution in [3.63, 3.8) is 0 Å². The molecule has 1 atom stereocenters. The summed E-state index contributed by atoms with van der Waals surface area (Å²) in [6, 6.07) is 9.29. The second kappa shape index (κ2) is 6.14. The first kappa shape index (κ1) is 13.3. The van der Waals surface area contributed by atoms with E-state index in [2.05, 4.69) is 6.92 Å². The second-order valence-electron chi connectivity index (χ2n) is 5.42. The van der Waals surface area contributed by atoms with Gasteiger partial charge in [-0.2, -0.15) is 0 Å². The van der Waals surface area contributed by atoms with Crippen molar-refractivity contribution in [1.82, 2.24) is 0 Å². The summed E-state index contributed by atoms with van der Waals surface area (Å²) < 4.78 is 0. The normalized spacial score (nSPS) is 25.7. The molecule has 1 fully saturated rings. The molecule has 0 aliphatic heterocycles. The van der Waals surface area contributed by atoms with Gasteiger partial charge in [-0.1, -0.05) is 43.7 Å². The molecule has 1 aromatic carbocycles. The number of ketones is 1. The van der Waals surface area contributed by atoms with Gasteiger partial charge in [0.05, 0.1) is 6.04 Å². The van der Waals surface area contributed by atoms with Gasteiger partial charge in [-0.3, -0.25) is 4.79 Å². The van der Waals surface area contributed by atoms with E-state index in [-0.39, 0.29) is 11.7 Å². The summed E-state index contributed by atoms with van der Waals surface area (Å²) in [6.07, 6.45) is 5.67. The van der Waals surface area contributed by atoms with Crippen LogP contribution >= 0.6 is 0 Å². The molecule has 0 aromatic heterocycles. The lowest BCUT2D eigenvalue weighted by molar-refractivity contribution is -0.125. The molecule has 0 saturated heterocycles. The van der Waals surface area contributed by atoms with Crippen molar-refractivity contribution < 1.29 is 4.79 Å². The lowest BCUT2D eigenvalue weighted by atomic mass is 9.77. The van der Waals surface area contributed by atoms with Crippen molar-refractivity contribution in [3.05, 3.63) is 35.9 Å². The van der Waals surface area contributed by atoms with Gasteiger partial charge in [0.1, 0.15) is 0 Å². The smallest absolute Gasteiger partial charge is 0.157 e. The zero-order chi connectivity index (χ0) is 13.0. The minimum atomic E-state index is -0.436. The predicted octanol–water partition coefficient (Wildman–Crippen LogP) is 3.47. The number of nitrogens with two attached hydrogens (primary N) is 1. The fourth-order valence-corrected chi connectivity index (χ4v) is 2.93. The first-order valence-electron chi connectivity index (χ1n) is 7.06. The molecule has 2 nitrogen and oxygen atoms in total. The van der Waals surface area contributed by atoms with E-state index >= 15 is 0 Å². The fraction of sp³-hybridized carbons (Fsp3) is 0.562. The number of carbonyl (C=O) groups excluding carboxylic acids is 1. The van der Waals surface area contributed by atoms with E-state index in [9.17, 15) is 4.79 Å². The summed E-state index contributed by atoms with van der Waals surface area (Å²) in [7, 11) is 0. The van der Waals surface area contributed by atoms with Crippen LogP contribution in [-0.2, 0) is 4.79 Å². The van der Waals surface area contributed by atoms with Crippen LogP contribution in [0.4, 0.5) is 0 Å². The molecule has 2 N–H and O–H groups in total. The van der Waals surface area contributed by atoms with E-state index in [0.29, 0.717) is 0 Å². The Labute approximate surface area is 110 Å². The number of carbonyl (C=O) groups is 1. The van der Waals surface area contributed by atoms with Gasteiger partial charge < -0.3 is 5.73 Å². The predicted molar refractivity (Wildman–Crippen MR) is 74.1 cm³/mol. The molecule has 1 aromatic rings. The Bertz CT molecular complexity index is 379. The van der Waals surface area contributed by atoms with Crippen molar-refractivity contribution in [2.24, 2.45) is 17.6 Å². The summed E-state index contributed by atoms with van der Waals surface area (Å²) in [5.41, 5.74) is 7.03. The Morgan fingerprint density at radius 3 is 2.39 bits per heavy atom. The Balaban J connectivity index is 1.96. The molecule has 0 amide bonds. The SMILES string of the molecule is CCC1CCC(C(=O)C(N)c2ccccc2)CC1. The van der Waals surface area contributed by atoms with Crippen LogP contribution in [0.2, 0.25) is 0 Å². The van der Waals surface area contributed by atoms with Gasteiger partial charge in [0.15, 0.2) is 5.78 Å². The second-order valence-corrected chi connectivity index (χ2v) is 5.42. The highest BCUT2D eigenvalue weighted by Gasteiger charge is 2.29. The minimum Gasteiger partial charge on any atom is -0.318 e. The molecule has 18 heavy (non-hydrogen) atoms. The third-order valence-electron chi connectivity index (χ3n) is 4.29. The molecule has 1 saturated carbocycles. The Morgan fingerprint density at radius 1 is 1.22 bits per heavy atom. The molecule has 2 rings (SSSR count). The lowest BCUT2D eigenvalue weighted by Gasteiger charge is -2.28. The van der Waals surface area contributed by atoms with Crippen molar-refractivity contribution in [2.75, 3.05) is 0 Å². The maximum atomic E-state index is 12.4. The van der Waals surface area contributed by atoms with Crippen LogP contribution in [0.3, 0.4) is 0 Å². The molecular formula is C16H23NO. The maximum absolute atomic E-state index is 12.4. The van der Waals surface area contributed by atoms with Crippen molar-refractivity contribution in [3.8, 4) is 0 Å². The van der Waals surface area contributed by atoms with Gasteiger partial charge in [0.25, 0.3) is 0 Å². The number of rotatable bonds is 4. The molecule has 1 aliphatic rings. The average Bonchev–Trinajstić information content (AvgIpc) is 2.47. The average molecular weight is 245 g/mol.